The Kier molecular flexibility index (Phi) is 7.47. The number of rotatable bonds is 9. The lowest BCUT2D eigenvalue weighted by molar-refractivity contribution is 0.457. The second kappa shape index (κ2) is 8.60. The molecule has 1 aromatic heterocycles. The first-order chi connectivity index (χ1) is 9.17. The van der Waals surface area contributed by atoms with E-state index < -0.39 is 0 Å². The van der Waals surface area contributed by atoms with Crippen molar-refractivity contribution in [3.8, 4) is 0 Å². The molecule has 1 heterocycles. The van der Waals surface area contributed by atoms with Gasteiger partial charge < -0.3 is 5.32 Å². The SMILES string of the molecule is CCCCC(Cc1c(Cl)c(CC)nn1CC)NCC. The Bertz CT molecular complexity index is 374. The molecule has 19 heavy (non-hydrogen) atoms. The normalized spacial score (nSPS) is 12.9. The van der Waals surface area contributed by atoms with Crippen LogP contribution < -0.4 is 5.32 Å². The van der Waals surface area contributed by atoms with Crippen LogP contribution in [0.4, 0.5) is 0 Å². The van der Waals surface area contributed by atoms with Crippen molar-refractivity contribution >= 4 is 11.6 Å². The standard InChI is InChI=1S/C15H28ClN3/c1-5-9-10-12(17-7-3)11-14-15(16)13(6-2)18-19(14)8-4/h12,17H,5-11H2,1-4H3. The van der Waals surface area contributed by atoms with Crippen molar-refractivity contribution in [2.75, 3.05) is 6.54 Å². The maximum atomic E-state index is 6.48. The molecule has 0 aliphatic rings. The van der Waals surface area contributed by atoms with Gasteiger partial charge >= 0.3 is 0 Å². The van der Waals surface area contributed by atoms with Gasteiger partial charge in [-0.15, -0.1) is 0 Å². The van der Waals surface area contributed by atoms with Crippen LogP contribution in [0.2, 0.25) is 5.02 Å². The van der Waals surface area contributed by atoms with Crippen molar-refractivity contribution in [1.82, 2.24) is 15.1 Å². The Morgan fingerprint density at radius 3 is 2.53 bits per heavy atom. The zero-order valence-corrected chi connectivity index (χ0v) is 13.6. The molecule has 1 aromatic rings. The summed E-state index contributed by atoms with van der Waals surface area (Å²) in [6, 6.07) is 0.508. The number of aryl methyl sites for hydroxylation is 2. The quantitative estimate of drug-likeness (QED) is 0.747. The largest absolute Gasteiger partial charge is 0.314 e. The minimum absolute atomic E-state index is 0.508. The van der Waals surface area contributed by atoms with Gasteiger partial charge in [-0.05, 0) is 26.3 Å². The molecule has 0 aliphatic carbocycles. The first-order valence-corrected chi connectivity index (χ1v) is 8.02. The van der Waals surface area contributed by atoms with Gasteiger partial charge in [0.1, 0.15) is 0 Å². The monoisotopic (exact) mass is 285 g/mol. The van der Waals surface area contributed by atoms with Gasteiger partial charge in [-0.25, -0.2) is 0 Å². The zero-order chi connectivity index (χ0) is 14.3. The number of hydrogen-bond acceptors (Lipinski definition) is 2. The first kappa shape index (κ1) is 16.5. The number of nitrogens with one attached hydrogen (secondary N) is 1. The molecule has 0 bridgehead atoms. The van der Waals surface area contributed by atoms with Crippen LogP contribution in [0.5, 0.6) is 0 Å². The van der Waals surface area contributed by atoms with E-state index in [-0.39, 0.29) is 0 Å². The van der Waals surface area contributed by atoms with Gasteiger partial charge in [0.15, 0.2) is 0 Å². The minimum Gasteiger partial charge on any atom is -0.314 e. The molecule has 0 amide bonds. The molecule has 1 unspecified atom stereocenters. The summed E-state index contributed by atoms with van der Waals surface area (Å²) < 4.78 is 2.07. The summed E-state index contributed by atoms with van der Waals surface area (Å²) in [5, 5.41) is 9.05. The van der Waals surface area contributed by atoms with Crippen molar-refractivity contribution in [3.63, 3.8) is 0 Å². The summed E-state index contributed by atoms with van der Waals surface area (Å²) >= 11 is 6.48. The lowest BCUT2D eigenvalue weighted by Crippen LogP contribution is -2.31. The van der Waals surface area contributed by atoms with Crippen molar-refractivity contribution in [2.24, 2.45) is 0 Å². The molecule has 0 saturated heterocycles. The lowest BCUT2D eigenvalue weighted by Gasteiger charge is -2.18. The van der Waals surface area contributed by atoms with Crippen LogP contribution in [0.15, 0.2) is 0 Å². The summed E-state index contributed by atoms with van der Waals surface area (Å²) in [5.41, 5.74) is 2.23. The summed E-state index contributed by atoms with van der Waals surface area (Å²) in [6.07, 6.45) is 5.59. The smallest absolute Gasteiger partial charge is 0.0850 e. The Balaban J connectivity index is 2.84. The van der Waals surface area contributed by atoms with Gasteiger partial charge in [0.05, 0.1) is 16.4 Å². The molecule has 0 aliphatic heterocycles. The number of hydrogen-bond donors (Lipinski definition) is 1. The van der Waals surface area contributed by atoms with Gasteiger partial charge in [-0.2, -0.15) is 5.10 Å². The first-order valence-electron chi connectivity index (χ1n) is 7.65. The zero-order valence-electron chi connectivity index (χ0n) is 12.8. The summed E-state index contributed by atoms with van der Waals surface area (Å²) in [4.78, 5) is 0. The number of likely N-dealkylation sites (N-methyl/N-ethyl adjacent to an activating group) is 1. The predicted molar refractivity (Wildman–Crippen MR) is 83.0 cm³/mol. The highest BCUT2D eigenvalue weighted by Gasteiger charge is 2.18. The second-order valence-electron chi connectivity index (χ2n) is 4.98. The summed E-state index contributed by atoms with van der Waals surface area (Å²) in [5.74, 6) is 0. The molecule has 0 saturated carbocycles. The van der Waals surface area contributed by atoms with Crippen LogP contribution >= 0.6 is 11.6 Å². The van der Waals surface area contributed by atoms with Crippen molar-refractivity contribution < 1.29 is 0 Å². The van der Waals surface area contributed by atoms with Crippen LogP contribution in [0, 0.1) is 0 Å². The number of aromatic nitrogens is 2. The third-order valence-corrected chi connectivity index (χ3v) is 3.97. The van der Waals surface area contributed by atoms with E-state index in [2.05, 4.69) is 42.8 Å². The van der Waals surface area contributed by atoms with E-state index in [0.717, 1.165) is 36.6 Å². The summed E-state index contributed by atoms with van der Waals surface area (Å²) in [6.45, 7) is 10.5. The highest BCUT2D eigenvalue weighted by Crippen LogP contribution is 2.23. The average Bonchev–Trinajstić information content (AvgIpc) is 2.72. The molecular weight excluding hydrogens is 258 g/mol. The van der Waals surface area contributed by atoms with Gasteiger partial charge in [0.2, 0.25) is 0 Å². The van der Waals surface area contributed by atoms with Crippen LogP contribution in [0.1, 0.15) is 58.3 Å². The topological polar surface area (TPSA) is 29.9 Å². The third kappa shape index (κ3) is 4.50. The predicted octanol–water partition coefficient (Wildman–Crippen LogP) is 3.83. The van der Waals surface area contributed by atoms with Crippen LogP contribution in [-0.4, -0.2) is 22.4 Å². The third-order valence-electron chi connectivity index (χ3n) is 3.53. The van der Waals surface area contributed by atoms with Gasteiger partial charge in [-0.3, -0.25) is 4.68 Å². The number of halogens is 1. The van der Waals surface area contributed by atoms with E-state index in [4.69, 9.17) is 11.6 Å². The lowest BCUT2D eigenvalue weighted by atomic mass is 10.0. The van der Waals surface area contributed by atoms with E-state index in [9.17, 15) is 0 Å². The maximum Gasteiger partial charge on any atom is 0.0850 e. The molecule has 0 fully saturated rings. The number of unbranched alkanes of at least 4 members (excludes halogenated alkanes) is 1. The van der Waals surface area contributed by atoms with E-state index in [1.807, 2.05) is 0 Å². The minimum atomic E-state index is 0.508. The molecule has 1 atom stereocenters. The van der Waals surface area contributed by atoms with Crippen molar-refractivity contribution in [3.05, 3.63) is 16.4 Å². The molecule has 0 spiro atoms. The molecule has 4 heteroatoms. The van der Waals surface area contributed by atoms with Crippen LogP contribution in [0.3, 0.4) is 0 Å². The summed E-state index contributed by atoms with van der Waals surface area (Å²) in [7, 11) is 0. The molecule has 1 rings (SSSR count). The molecular formula is C15H28ClN3. The van der Waals surface area contributed by atoms with Crippen LogP contribution in [0.25, 0.3) is 0 Å². The highest BCUT2D eigenvalue weighted by atomic mass is 35.5. The van der Waals surface area contributed by atoms with Crippen molar-refractivity contribution in [2.45, 2.75) is 72.4 Å². The fraction of sp³-hybridized carbons (Fsp3) is 0.800. The van der Waals surface area contributed by atoms with Gasteiger partial charge in [-0.1, -0.05) is 45.2 Å². The van der Waals surface area contributed by atoms with Gasteiger partial charge in [0.25, 0.3) is 0 Å². The maximum absolute atomic E-state index is 6.48. The highest BCUT2D eigenvalue weighted by molar-refractivity contribution is 6.31. The Morgan fingerprint density at radius 2 is 2.00 bits per heavy atom. The van der Waals surface area contributed by atoms with E-state index in [0.29, 0.717) is 6.04 Å². The van der Waals surface area contributed by atoms with Crippen molar-refractivity contribution in [1.29, 1.82) is 0 Å². The fourth-order valence-electron chi connectivity index (χ4n) is 2.46. The molecule has 1 N–H and O–H groups in total. The molecule has 3 nitrogen and oxygen atoms in total. The molecule has 0 aromatic carbocycles. The second-order valence-corrected chi connectivity index (χ2v) is 5.36. The fourth-order valence-corrected chi connectivity index (χ4v) is 2.81. The molecule has 0 radical (unpaired) electrons. The van der Waals surface area contributed by atoms with E-state index in [1.54, 1.807) is 0 Å². The molecule has 110 valence electrons. The van der Waals surface area contributed by atoms with E-state index >= 15 is 0 Å². The van der Waals surface area contributed by atoms with Crippen LogP contribution in [-0.2, 0) is 19.4 Å². The average molecular weight is 286 g/mol. The Labute approximate surface area is 122 Å². The Morgan fingerprint density at radius 1 is 1.26 bits per heavy atom. The number of nitrogens with zero attached hydrogens (tertiary/aromatic N) is 2. The van der Waals surface area contributed by atoms with E-state index in [1.165, 1.54) is 25.0 Å². The Hall–Kier alpha value is -0.540. The van der Waals surface area contributed by atoms with Gasteiger partial charge in [0, 0.05) is 19.0 Å².